The Bertz CT molecular complexity index is 1200. The van der Waals surface area contributed by atoms with Crippen molar-refractivity contribution in [2.24, 2.45) is 0 Å². The summed E-state index contributed by atoms with van der Waals surface area (Å²) in [6.07, 6.45) is 2.66. The number of ether oxygens (including phenoxy) is 2. The molecule has 1 saturated heterocycles. The summed E-state index contributed by atoms with van der Waals surface area (Å²) < 4.78 is 12.8. The minimum absolute atomic E-state index is 0.113. The average Bonchev–Trinajstić information content (AvgIpc) is 3.21. The van der Waals surface area contributed by atoms with Crippen LogP contribution in [0, 0.1) is 0 Å². The van der Waals surface area contributed by atoms with Gasteiger partial charge in [-0.05, 0) is 31.2 Å². The molecule has 9 heteroatoms. The summed E-state index contributed by atoms with van der Waals surface area (Å²) >= 11 is 1.67. The third-order valence-corrected chi connectivity index (χ3v) is 7.90. The van der Waals surface area contributed by atoms with E-state index in [0.29, 0.717) is 6.54 Å². The van der Waals surface area contributed by atoms with Crippen molar-refractivity contribution in [2.75, 3.05) is 65.4 Å². The monoisotopic (exact) mass is 469 g/mol. The van der Waals surface area contributed by atoms with Gasteiger partial charge < -0.3 is 19.3 Å². The molecule has 0 amide bonds. The van der Waals surface area contributed by atoms with Crippen LogP contribution in [0.15, 0.2) is 29.3 Å². The highest BCUT2D eigenvalue weighted by Crippen LogP contribution is 2.33. The SMILES string of the molecule is COc1ccc(OC)c(N2CCN(CCn3cnc4sc5c(c4c3=O)CCN(C)C5)CC2)c1. The van der Waals surface area contributed by atoms with E-state index in [2.05, 4.69) is 26.7 Å². The second-order valence-corrected chi connectivity index (χ2v) is 9.86. The number of likely N-dealkylation sites (N-methyl/N-ethyl adjacent to an activating group) is 1. The van der Waals surface area contributed by atoms with Crippen LogP contribution in [-0.2, 0) is 19.5 Å². The molecule has 0 unspecified atom stereocenters. The number of fused-ring (bicyclic) bond motifs is 3. The maximum Gasteiger partial charge on any atom is 0.262 e. The lowest BCUT2D eigenvalue weighted by Crippen LogP contribution is -2.47. The van der Waals surface area contributed by atoms with E-state index in [0.717, 1.165) is 79.6 Å². The maximum atomic E-state index is 13.2. The molecule has 0 bridgehead atoms. The van der Waals surface area contributed by atoms with Crippen molar-refractivity contribution in [3.63, 3.8) is 0 Å². The number of anilines is 1. The van der Waals surface area contributed by atoms with Gasteiger partial charge in [0.05, 0.1) is 31.6 Å². The molecule has 2 aliphatic heterocycles. The van der Waals surface area contributed by atoms with Gasteiger partial charge in [-0.3, -0.25) is 14.3 Å². The molecule has 0 aliphatic carbocycles. The molecule has 0 spiro atoms. The Kier molecular flexibility index (Phi) is 6.27. The molecule has 2 aromatic heterocycles. The van der Waals surface area contributed by atoms with Crippen LogP contribution in [0.2, 0.25) is 0 Å². The summed E-state index contributed by atoms with van der Waals surface area (Å²) in [5, 5.41) is 0.848. The van der Waals surface area contributed by atoms with Crippen LogP contribution in [-0.4, -0.2) is 79.9 Å². The third-order valence-electron chi connectivity index (χ3n) is 6.77. The van der Waals surface area contributed by atoms with Gasteiger partial charge in [0.25, 0.3) is 5.56 Å². The number of thiophene rings is 1. The summed E-state index contributed by atoms with van der Waals surface area (Å²) in [6, 6.07) is 5.91. The fourth-order valence-corrected chi connectivity index (χ4v) is 6.07. The van der Waals surface area contributed by atoms with Gasteiger partial charge in [0.2, 0.25) is 0 Å². The number of rotatable bonds is 6. The quantitative estimate of drug-likeness (QED) is 0.549. The van der Waals surface area contributed by atoms with E-state index < -0.39 is 0 Å². The molecular weight excluding hydrogens is 438 g/mol. The van der Waals surface area contributed by atoms with Crippen molar-refractivity contribution < 1.29 is 9.47 Å². The molecule has 0 atom stereocenters. The Morgan fingerprint density at radius 2 is 1.88 bits per heavy atom. The van der Waals surface area contributed by atoms with E-state index >= 15 is 0 Å². The molecule has 176 valence electrons. The van der Waals surface area contributed by atoms with Crippen molar-refractivity contribution in [2.45, 2.75) is 19.5 Å². The first-order valence-electron chi connectivity index (χ1n) is 11.4. The van der Waals surface area contributed by atoms with E-state index in [4.69, 9.17) is 9.47 Å². The summed E-state index contributed by atoms with van der Waals surface area (Å²) in [5.74, 6) is 1.69. The zero-order valence-electron chi connectivity index (χ0n) is 19.5. The minimum Gasteiger partial charge on any atom is -0.497 e. The Hall–Kier alpha value is -2.62. The molecule has 0 N–H and O–H groups in total. The lowest BCUT2D eigenvalue weighted by atomic mass is 10.1. The number of aromatic nitrogens is 2. The van der Waals surface area contributed by atoms with Crippen LogP contribution >= 0.6 is 11.3 Å². The fraction of sp³-hybridized carbons (Fsp3) is 0.500. The highest BCUT2D eigenvalue weighted by atomic mass is 32.1. The van der Waals surface area contributed by atoms with Gasteiger partial charge in [0.15, 0.2) is 0 Å². The summed E-state index contributed by atoms with van der Waals surface area (Å²) in [4.78, 5) is 27.1. The number of benzene rings is 1. The van der Waals surface area contributed by atoms with Crippen molar-refractivity contribution in [3.05, 3.63) is 45.3 Å². The first-order chi connectivity index (χ1) is 16.1. The van der Waals surface area contributed by atoms with E-state index in [1.165, 1.54) is 10.4 Å². The van der Waals surface area contributed by atoms with E-state index in [9.17, 15) is 4.79 Å². The van der Waals surface area contributed by atoms with Crippen molar-refractivity contribution >= 4 is 27.2 Å². The van der Waals surface area contributed by atoms with Crippen LogP contribution in [0.4, 0.5) is 5.69 Å². The lowest BCUT2D eigenvalue weighted by Gasteiger charge is -2.36. The molecule has 4 heterocycles. The Labute approximate surface area is 197 Å². The molecule has 2 aliphatic rings. The second kappa shape index (κ2) is 9.32. The van der Waals surface area contributed by atoms with Crippen LogP contribution in [0.3, 0.4) is 0 Å². The van der Waals surface area contributed by atoms with Crippen molar-refractivity contribution in [1.29, 1.82) is 0 Å². The summed E-state index contributed by atoms with van der Waals surface area (Å²) in [5.41, 5.74) is 2.40. The average molecular weight is 470 g/mol. The van der Waals surface area contributed by atoms with Crippen molar-refractivity contribution in [1.82, 2.24) is 19.4 Å². The zero-order chi connectivity index (χ0) is 22.9. The normalized spacial score (nSPS) is 17.4. The van der Waals surface area contributed by atoms with E-state index in [1.807, 2.05) is 18.2 Å². The lowest BCUT2D eigenvalue weighted by molar-refractivity contribution is 0.246. The number of hydrogen-bond acceptors (Lipinski definition) is 8. The van der Waals surface area contributed by atoms with Gasteiger partial charge in [0, 0.05) is 63.3 Å². The van der Waals surface area contributed by atoms with Crippen molar-refractivity contribution in [3.8, 4) is 11.5 Å². The Balaban J connectivity index is 1.25. The van der Waals surface area contributed by atoms with Crippen LogP contribution in [0.5, 0.6) is 11.5 Å². The molecule has 8 nitrogen and oxygen atoms in total. The highest BCUT2D eigenvalue weighted by molar-refractivity contribution is 7.18. The first-order valence-corrected chi connectivity index (χ1v) is 12.3. The van der Waals surface area contributed by atoms with Gasteiger partial charge in [0.1, 0.15) is 16.3 Å². The van der Waals surface area contributed by atoms with Gasteiger partial charge in [-0.25, -0.2) is 4.98 Å². The second-order valence-electron chi connectivity index (χ2n) is 8.78. The smallest absolute Gasteiger partial charge is 0.262 e. The summed E-state index contributed by atoms with van der Waals surface area (Å²) in [7, 11) is 5.51. The van der Waals surface area contributed by atoms with Crippen LogP contribution < -0.4 is 19.9 Å². The fourth-order valence-electron chi connectivity index (χ4n) is 4.81. The minimum atomic E-state index is 0.113. The molecule has 0 radical (unpaired) electrons. The third kappa shape index (κ3) is 4.32. The largest absolute Gasteiger partial charge is 0.497 e. The Morgan fingerprint density at radius 1 is 1.06 bits per heavy atom. The molecule has 1 fully saturated rings. The molecule has 5 rings (SSSR count). The number of methoxy groups -OCH3 is 2. The van der Waals surface area contributed by atoms with Crippen LogP contribution in [0.1, 0.15) is 10.4 Å². The zero-order valence-corrected chi connectivity index (χ0v) is 20.4. The van der Waals surface area contributed by atoms with E-state index in [-0.39, 0.29) is 5.56 Å². The number of piperazine rings is 1. The molecule has 0 saturated carbocycles. The first kappa shape index (κ1) is 22.2. The predicted octanol–water partition coefficient (Wildman–Crippen LogP) is 2.29. The molecule has 3 aromatic rings. The number of hydrogen-bond donors (Lipinski definition) is 0. The van der Waals surface area contributed by atoms with Gasteiger partial charge >= 0.3 is 0 Å². The number of nitrogens with zero attached hydrogens (tertiary/aromatic N) is 5. The van der Waals surface area contributed by atoms with Crippen LogP contribution in [0.25, 0.3) is 10.2 Å². The Morgan fingerprint density at radius 3 is 2.64 bits per heavy atom. The van der Waals surface area contributed by atoms with Gasteiger partial charge in [-0.2, -0.15) is 0 Å². The predicted molar refractivity (Wildman–Crippen MR) is 132 cm³/mol. The van der Waals surface area contributed by atoms with E-state index in [1.54, 1.807) is 36.5 Å². The molecule has 33 heavy (non-hydrogen) atoms. The maximum absolute atomic E-state index is 13.2. The summed E-state index contributed by atoms with van der Waals surface area (Å²) in [6.45, 7) is 7.09. The van der Waals surface area contributed by atoms with Gasteiger partial charge in [-0.1, -0.05) is 0 Å². The topological polar surface area (TPSA) is 63.1 Å². The molecule has 1 aromatic carbocycles. The highest BCUT2D eigenvalue weighted by Gasteiger charge is 2.23. The molecular formula is C24H31N5O3S. The standard InChI is InChI=1S/C24H31N5O3S/c1-26-7-6-18-21(15-26)33-23-22(18)24(30)29(16-25-23)13-10-27-8-11-28(12-9-27)19-14-17(31-2)4-5-20(19)32-3/h4-5,14,16H,6-13,15H2,1-3H3. The van der Waals surface area contributed by atoms with Gasteiger partial charge in [-0.15, -0.1) is 11.3 Å².